The van der Waals surface area contributed by atoms with Crippen molar-refractivity contribution in [2.24, 2.45) is 0 Å². The number of thioether (sulfide) groups is 1. The van der Waals surface area contributed by atoms with E-state index in [-0.39, 0.29) is 11.3 Å². The van der Waals surface area contributed by atoms with E-state index in [1.165, 1.54) is 0 Å². The first-order chi connectivity index (χ1) is 14.0. The number of allylic oxidation sites excluding steroid dienone is 1. The first-order valence-electron chi connectivity index (χ1n) is 8.59. The summed E-state index contributed by atoms with van der Waals surface area (Å²) in [4.78, 5) is 7.45. The van der Waals surface area contributed by atoms with Crippen LogP contribution in [0.5, 0.6) is 0 Å². The van der Waals surface area contributed by atoms with Crippen molar-refractivity contribution in [3.63, 3.8) is 0 Å². The summed E-state index contributed by atoms with van der Waals surface area (Å²) >= 11 is 4.57. The number of rotatable bonds is 5. The highest BCUT2D eigenvalue weighted by Gasteiger charge is 2.21. The molecule has 29 heavy (non-hydrogen) atoms. The average molecular weight is 468 g/mol. The third kappa shape index (κ3) is 4.04. The summed E-state index contributed by atoms with van der Waals surface area (Å²) in [7, 11) is 0. The summed E-state index contributed by atoms with van der Waals surface area (Å²) < 4.78 is 6.60. The molecule has 0 amide bonds. The molecule has 0 saturated heterocycles. The van der Waals surface area contributed by atoms with Gasteiger partial charge in [-0.05, 0) is 37.3 Å². The Balaban J connectivity index is 1.58. The van der Waals surface area contributed by atoms with Gasteiger partial charge in [0.25, 0.3) is 5.22 Å². The zero-order chi connectivity index (χ0) is 20.4. The highest BCUT2D eigenvalue weighted by Crippen LogP contribution is 2.32. The van der Waals surface area contributed by atoms with Gasteiger partial charge >= 0.3 is 0 Å². The van der Waals surface area contributed by atoms with E-state index in [2.05, 4.69) is 36.1 Å². The molecule has 2 aromatic carbocycles. The second kappa shape index (κ2) is 8.11. The largest absolute Gasteiger partial charge is 0.510 e. The fourth-order valence-electron chi connectivity index (χ4n) is 2.71. The first-order valence-corrected chi connectivity index (χ1v) is 10.3. The fourth-order valence-corrected chi connectivity index (χ4v) is 3.85. The number of imidazole rings is 1. The Hall–Kier alpha value is -3.09. The number of benzene rings is 2. The molecule has 4 aromatic rings. The quantitative estimate of drug-likeness (QED) is 0.231. The molecule has 144 valence electrons. The van der Waals surface area contributed by atoms with Gasteiger partial charge in [0.05, 0.1) is 16.3 Å². The molecule has 2 heterocycles. The highest BCUT2D eigenvalue weighted by molar-refractivity contribution is 9.10. The number of hydrogen-bond donors (Lipinski definition) is 2. The lowest BCUT2D eigenvalue weighted by molar-refractivity contribution is 0.399. The number of aliphatic hydroxyl groups excluding tert-OH is 1. The maximum atomic E-state index is 10.7. The smallest absolute Gasteiger partial charge is 0.277 e. The van der Waals surface area contributed by atoms with Crippen LogP contribution in [0.2, 0.25) is 0 Å². The van der Waals surface area contributed by atoms with Gasteiger partial charge in [-0.2, -0.15) is 5.26 Å². The second-order valence-corrected chi connectivity index (χ2v) is 8.33. The number of aromatic amines is 1. The van der Waals surface area contributed by atoms with E-state index < -0.39 is 5.25 Å². The van der Waals surface area contributed by atoms with Gasteiger partial charge < -0.3 is 14.5 Å². The molecule has 7 nitrogen and oxygen atoms in total. The number of aromatic nitrogens is 4. The van der Waals surface area contributed by atoms with Gasteiger partial charge in [0.1, 0.15) is 17.4 Å². The molecule has 9 heteroatoms. The number of halogens is 1. The number of nitrogens with one attached hydrogen (secondary N) is 1. The number of para-hydroxylation sites is 2. The molecule has 4 rings (SSSR count). The summed E-state index contributed by atoms with van der Waals surface area (Å²) in [5.41, 5.74) is 2.37. The van der Waals surface area contributed by atoms with Gasteiger partial charge in [-0.15, -0.1) is 10.2 Å². The fraction of sp³-hybridized carbons (Fsp3) is 0.100. The molecule has 0 aliphatic carbocycles. The Morgan fingerprint density at radius 1 is 1.24 bits per heavy atom. The summed E-state index contributed by atoms with van der Waals surface area (Å²) in [5.74, 6) is 0.583. The topological polar surface area (TPSA) is 112 Å². The summed E-state index contributed by atoms with van der Waals surface area (Å²) in [6, 6.07) is 17.0. The molecule has 2 aromatic heterocycles. The minimum absolute atomic E-state index is 0.0768. The van der Waals surface area contributed by atoms with Crippen molar-refractivity contribution in [3.8, 4) is 17.5 Å². The van der Waals surface area contributed by atoms with Crippen molar-refractivity contribution in [1.82, 2.24) is 20.2 Å². The highest BCUT2D eigenvalue weighted by atomic mass is 79.9. The van der Waals surface area contributed by atoms with Crippen LogP contribution in [0.1, 0.15) is 12.7 Å². The van der Waals surface area contributed by atoms with E-state index in [0.29, 0.717) is 16.9 Å². The summed E-state index contributed by atoms with van der Waals surface area (Å²) in [6.07, 6.45) is 0. The van der Waals surface area contributed by atoms with E-state index in [0.717, 1.165) is 32.8 Å². The first kappa shape index (κ1) is 19.2. The number of nitriles is 1. The van der Waals surface area contributed by atoms with Crippen LogP contribution in [-0.2, 0) is 0 Å². The molecule has 0 radical (unpaired) electrons. The predicted molar refractivity (Wildman–Crippen MR) is 114 cm³/mol. The maximum Gasteiger partial charge on any atom is 0.277 e. The van der Waals surface area contributed by atoms with Crippen LogP contribution in [0, 0.1) is 11.3 Å². The number of fused-ring (bicyclic) bond motifs is 1. The van der Waals surface area contributed by atoms with Gasteiger partial charge in [0, 0.05) is 10.0 Å². The van der Waals surface area contributed by atoms with Crippen LogP contribution >= 0.6 is 27.7 Å². The third-order valence-corrected chi connectivity index (χ3v) is 5.57. The van der Waals surface area contributed by atoms with Crippen molar-refractivity contribution >= 4 is 44.3 Å². The molecule has 0 spiro atoms. The van der Waals surface area contributed by atoms with Crippen molar-refractivity contribution in [1.29, 1.82) is 5.26 Å². The summed E-state index contributed by atoms with van der Waals surface area (Å²) in [6.45, 7) is 1.75. The zero-order valence-electron chi connectivity index (χ0n) is 15.1. The average Bonchev–Trinajstić information content (AvgIpc) is 3.35. The van der Waals surface area contributed by atoms with Gasteiger partial charge in [-0.1, -0.05) is 45.9 Å². The Morgan fingerprint density at radius 3 is 2.83 bits per heavy atom. The number of nitrogens with zero attached hydrogens (tertiary/aromatic N) is 4. The normalized spacial score (nSPS) is 13.1. The van der Waals surface area contributed by atoms with Crippen molar-refractivity contribution in [3.05, 3.63) is 64.6 Å². The van der Waals surface area contributed by atoms with Crippen LogP contribution in [-0.4, -0.2) is 30.5 Å². The SMILES string of the molecule is CC(Sc1nnc(-c2cccc(Br)c2)o1)/C(O)=C(\C#N)c1nc2ccccc2[nH]1. The van der Waals surface area contributed by atoms with Gasteiger partial charge in [0.15, 0.2) is 5.82 Å². The van der Waals surface area contributed by atoms with Crippen LogP contribution in [0.15, 0.2) is 68.4 Å². The molecule has 2 N–H and O–H groups in total. The molecule has 1 unspecified atom stereocenters. The van der Waals surface area contributed by atoms with Gasteiger partial charge in [-0.25, -0.2) is 4.98 Å². The lowest BCUT2D eigenvalue weighted by Gasteiger charge is -2.08. The molecular weight excluding hydrogens is 454 g/mol. The lowest BCUT2D eigenvalue weighted by Crippen LogP contribution is -2.04. The third-order valence-electron chi connectivity index (χ3n) is 4.13. The van der Waals surface area contributed by atoms with E-state index in [1.807, 2.05) is 54.6 Å². The minimum atomic E-state index is -0.492. The van der Waals surface area contributed by atoms with E-state index in [9.17, 15) is 10.4 Å². The van der Waals surface area contributed by atoms with Crippen molar-refractivity contribution < 1.29 is 9.52 Å². The second-order valence-electron chi connectivity index (χ2n) is 6.12. The van der Waals surface area contributed by atoms with Crippen LogP contribution in [0.4, 0.5) is 0 Å². The van der Waals surface area contributed by atoms with Crippen LogP contribution < -0.4 is 0 Å². The maximum absolute atomic E-state index is 10.7. The minimum Gasteiger partial charge on any atom is -0.510 e. The summed E-state index contributed by atoms with van der Waals surface area (Å²) in [5, 5.41) is 28.1. The molecule has 0 fully saturated rings. The number of H-pyrrole nitrogens is 1. The Bertz CT molecular complexity index is 1220. The van der Waals surface area contributed by atoms with E-state index in [4.69, 9.17) is 4.42 Å². The lowest BCUT2D eigenvalue weighted by atomic mass is 10.2. The Kier molecular flexibility index (Phi) is 5.38. The Morgan fingerprint density at radius 2 is 2.07 bits per heavy atom. The molecule has 1 atom stereocenters. The predicted octanol–water partition coefficient (Wildman–Crippen LogP) is 5.35. The Labute approximate surface area is 178 Å². The zero-order valence-corrected chi connectivity index (χ0v) is 17.5. The molecular formula is C20H14BrN5O2S. The molecule has 0 aliphatic rings. The molecule has 0 saturated carbocycles. The van der Waals surface area contributed by atoms with E-state index >= 15 is 0 Å². The van der Waals surface area contributed by atoms with Crippen molar-refractivity contribution in [2.75, 3.05) is 0 Å². The molecule has 0 bridgehead atoms. The van der Waals surface area contributed by atoms with Gasteiger partial charge in [-0.3, -0.25) is 0 Å². The van der Waals surface area contributed by atoms with Crippen molar-refractivity contribution in [2.45, 2.75) is 17.4 Å². The molecule has 0 aliphatic heterocycles. The van der Waals surface area contributed by atoms with Crippen LogP contribution in [0.3, 0.4) is 0 Å². The number of aliphatic hydroxyl groups is 1. The number of hydrogen-bond acceptors (Lipinski definition) is 7. The van der Waals surface area contributed by atoms with Crippen LogP contribution in [0.25, 0.3) is 28.1 Å². The monoisotopic (exact) mass is 467 g/mol. The van der Waals surface area contributed by atoms with Gasteiger partial charge in [0.2, 0.25) is 5.89 Å². The standard InChI is InChI=1S/C20H14BrN5O2S/c1-11(29-20-26-25-19(28-20)12-5-4-6-13(21)9-12)17(27)14(10-22)18-23-15-7-2-3-8-16(15)24-18/h2-9,11,27H,1H3,(H,23,24)/b17-14-. The van der Waals surface area contributed by atoms with E-state index in [1.54, 1.807) is 6.92 Å².